The number of aryl methyl sites for hydroxylation is 3. The minimum Gasteiger partial charge on any atom is -0.496 e. The van der Waals surface area contributed by atoms with Crippen molar-refractivity contribution in [1.29, 1.82) is 5.26 Å². The third kappa shape index (κ3) is 4.55. The van der Waals surface area contributed by atoms with E-state index in [0.717, 1.165) is 22.3 Å². The van der Waals surface area contributed by atoms with E-state index in [1.807, 2.05) is 31.2 Å². The fourth-order valence-corrected chi connectivity index (χ4v) is 3.26. The molecule has 0 aliphatic carbocycles. The third-order valence-corrected chi connectivity index (χ3v) is 4.62. The van der Waals surface area contributed by atoms with Gasteiger partial charge in [-0.15, -0.1) is 10.2 Å². The Labute approximate surface area is 174 Å². The van der Waals surface area contributed by atoms with Crippen LogP contribution in [0.25, 0.3) is 5.57 Å². The number of aromatic carboxylic acids is 1. The minimum atomic E-state index is -1.06. The molecule has 1 heterocycles. The average Bonchev–Trinajstić information content (AvgIpc) is 3.15. The predicted octanol–water partition coefficient (Wildman–Crippen LogP) is 4.33. The maximum atomic E-state index is 11.8. The smallest absolute Gasteiger partial charge is 0.339 e. The van der Waals surface area contributed by atoms with E-state index in [2.05, 4.69) is 16.3 Å². The van der Waals surface area contributed by atoms with Gasteiger partial charge in [0.15, 0.2) is 0 Å². The van der Waals surface area contributed by atoms with E-state index in [0.29, 0.717) is 35.9 Å². The van der Waals surface area contributed by atoms with Gasteiger partial charge in [-0.1, -0.05) is 18.2 Å². The highest BCUT2D eigenvalue weighted by Crippen LogP contribution is 2.32. The van der Waals surface area contributed by atoms with Crippen molar-refractivity contribution in [2.75, 3.05) is 7.11 Å². The SMILES string of the molecule is COc1c(C)cc(/C(=C/CCc2nnc(C)o2)c2ccc(C#N)cc2)cc1C(=O)O. The highest BCUT2D eigenvalue weighted by Gasteiger charge is 2.17. The van der Waals surface area contributed by atoms with Crippen LogP contribution < -0.4 is 4.74 Å². The van der Waals surface area contributed by atoms with Gasteiger partial charge >= 0.3 is 5.97 Å². The topological polar surface area (TPSA) is 109 Å². The van der Waals surface area contributed by atoms with Gasteiger partial charge in [0.25, 0.3) is 0 Å². The van der Waals surface area contributed by atoms with Gasteiger partial charge in [0.05, 0.1) is 18.7 Å². The molecule has 0 spiro atoms. The lowest BCUT2D eigenvalue weighted by atomic mass is 9.92. The van der Waals surface area contributed by atoms with Crippen LogP contribution in [0.3, 0.4) is 0 Å². The molecule has 3 rings (SSSR count). The second-order valence-corrected chi connectivity index (χ2v) is 6.74. The first-order valence-electron chi connectivity index (χ1n) is 9.35. The van der Waals surface area contributed by atoms with Crippen molar-refractivity contribution in [3.05, 3.63) is 82.1 Å². The van der Waals surface area contributed by atoms with E-state index < -0.39 is 5.97 Å². The van der Waals surface area contributed by atoms with E-state index >= 15 is 0 Å². The number of ether oxygens (including phenoxy) is 1. The van der Waals surface area contributed by atoms with Crippen molar-refractivity contribution in [1.82, 2.24) is 10.2 Å². The van der Waals surface area contributed by atoms with Gasteiger partial charge in [-0.2, -0.15) is 5.26 Å². The molecule has 7 heteroatoms. The maximum absolute atomic E-state index is 11.8. The second kappa shape index (κ2) is 9.05. The number of aromatic nitrogens is 2. The molecular formula is C23H21N3O4. The molecule has 0 bridgehead atoms. The van der Waals surface area contributed by atoms with Gasteiger partial charge in [0.2, 0.25) is 11.8 Å². The zero-order chi connectivity index (χ0) is 21.7. The Hall–Kier alpha value is -3.92. The zero-order valence-electron chi connectivity index (χ0n) is 17.0. The van der Waals surface area contributed by atoms with Crippen LogP contribution in [0.4, 0.5) is 0 Å². The summed E-state index contributed by atoms with van der Waals surface area (Å²) in [5.41, 5.74) is 3.84. The number of rotatable bonds is 7. The van der Waals surface area contributed by atoms with Crippen LogP contribution in [0, 0.1) is 25.2 Å². The van der Waals surface area contributed by atoms with Crippen molar-refractivity contribution >= 4 is 11.5 Å². The summed E-state index contributed by atoms with van der Waals surface area (Å²) in [4.78, 5) is 11.8. The van der Waals surface area contributed by atoms with Crippen LogP contribution in [0.2, 0.25) is 0 Å². The molecule has 0 radical (unpaired) electrons. The van der Waals surface area contributed by atoms with Crippen LogP contribution in [-0.2, 0) is 6.42 Å². The molecule has 1 N–H and O–H groups in total. The van der Waals surface area contributed by atoms with Crippen LogP contribution in [-0.4, -0.2) is 28.4 Å². The highest BCUT2D eigenvalue weighted by atomic mass is 16.5. The Morgan fingerprint density at radius 2 is 1.93 bits per heavy atom. The summed E-state index contributed by atoms with van der Waals surface area (Å²) in [5, 5.41) is 26.6. The van der Waals surface area contributed by atoms with E-state index in [9.17, 15) is 9.90 Å². The van der Waals surface area contributed by atoms with E-state index in [-0.39, 0.29) is 5.56 Å². The summed E-state index contributed by atoms with van der Waals surface area (Å²) < 4.78 is 10.7. The second-order valence-electron chi connectivity index (χ2n) is 6.74. The molecule has 152 valence electrons. The summed E-state index contributed by atoms with van der Waals surface area (Å²) in [6, 6.07) is 12.8. The summed E-state index contributed by atoms with van der Waals surface area (Å²) >= 11 is 0. The molecular weight excluding hydrogens is 382 g/mol. The standard InChI is InChI=1S/C23H21N3O4/c1-14-11-18(12-20(23(27)28)22(14)29-3)19(17-9-7-16(13-24)8-10-17)5-4-6-21-26-25-15(2)30-21/h5,7-12H,4,6H2,1-3H3,(H,27,28)/b19-5+. The molecule has 3 aromatic rings. The molecule has 0 atom stereocenters. The van der Waals surface area contributed by atoms with Crippen molar-refractivity contribution in [3.63, 3.8) is 0 Å². The first kappa shape index (κ1) is 20.8. The molecule has 7 nitrogen and oxygen atoms in total. The highest BCUT2D eigenvalue weighted by molar-refractivity contribution is 5.94. The number of methoxy groups -OCH3 is 1. The van der Waals surface area contributed by atoms with E-state index in [4.69, 9.17) is 14.4 Å². The first-order chi connectivity index (χ1) is 14.4. The number of hydrogen-bond donors (Lipinski definition) is 1. The van der Waals surface area contributed by atoms with Gasteiger partial charge in [0, 0.05) is 13.3 Å². The predicted molar refractivity (Wildman–Crippen MR) is 110 cm³/mol. The molecule has 0 saturated carbocycles. The van der Waals surface area contributed by atoms with Crippen LogP contribution in [0.1, 0.15) is 50.8 Å². The fourth-order valence-electron chi connectivity index (χ4n) is 3.26. The first-order valence-corrected chi connectivity index (χ1v) is 9.35. The molecule has 0 amide bonds. The molecule has 30 heavy (non-hydrogen) atoms. The monoisotopic (exact) mass is 403 g/mol. The summed E-state index contributed by atoms with van der Waals surface area (Å²) in [5.74, 6) is 0.335. The summed E-state index contributed by atoms with van der Waals surface area (Å²) in [7, 11) is 1.46. The largest absolute Gasteiger partial charge is 0.496 e. The lowest BCUT2D eigenvalue weighted by molar-refractivity contribution is 0.0693. The number of nitrogens with zero attached hydrogens (tertiary/aromatic N) is 3. The van der Waals surface area contributed by atoms with Crippen molar-refractivity contribution in [2.45, 2.75) is 26.7 Å². The number of allylic oxidation sites excluding steroid dienone is 1. The van der Waals surface area contributed by atoms with Crippen molar-refractivity contribution in [3.8, 4) is 11.8 Å². The number of benzene rings is 2. The number of carboxylic acid groups (broad SMARTS) is 1. The Kier molecular flexibility index (Phi) is 6.28. The molecule has 1 aromatic heterocycles. The summed E-state index contributed by atoms with van der Waals surface area (Å²) in [6.07, 6.45) is 3.18. The summed E-state index contributed by atoms with van der Waals surface area (Å²) in [6.45, 7) is 3.55. The molecule has 0 fully saturated rings. The number of carboxylic acids is 1. The Bertz CT molecular complexity index is 1140. The number of carbonyl (C=O) groups is 1. The fraction of sp³-hybridized carbons (Fsp3) is 0.217. The Morgan fingerprint density at radius 1 is 1.20 bits per heavy atom. The number of nitriles is 1. The van der Waals surface area contributed by atoms with Gasteiger partial charge < -0.3 is 14.3 Å². The molecule has 0 unspecified atom stereocenters. The Morgan fingerprint density at radius 3 is 2.50 bits per heavy atom. The van der Waals surface area contributed by atoms with Gasteiger partial charge in [0.1, 0.15) is 11.3 Å². The normalized spacial score (nSPS) is 11.2. The lowest BCUT2D eigenvalue weighted by Crippen LogP contribution is -2.04. The molecule has 0 saturated heterocycles. The maximum Gasteiger partial charge on any atom is 0.339 e. The van der Waals surface area contributed by atoms with Crippen molar-refractivity contribution < 1.29 is 19.1 Å². The third-order valence-electron chi connectivity index (χ3n) is 4.62. The van der Waals surface area contributed by atoms with Gasteiger partial charge in [-0.3, -0.25) is 0 Å². The number of hydrogen-bond acceptors (Lipinski definition) is 6. The molecule has 0 aliphatic heterocycles. The zero-order valence-corrected chi connectivity index (χ0v) is 17.0. The Balaban J connectivity index is 2.05. The van der Waals surface area contributed by atoms with Crippen molar-refractivity contribution in [2.24, 2.45) is 0 Å². The average molecular weight is 403 g/mol. The van der Waals surface area contributed by atoms with E-state index in [1.54, 1.807) is 25.1 Å². The van der Waals surface area contributed by atoms with Crippen LogP contribution in [0.5, 0.6) is 5.75 Å². The molecule has 0 aliphatic rings. The van der Waals surface area contributed by atoms with Gasteiger partial charge in [-0.25, -0.2) is 4.79 Å². The quantitative estimate of drug-likeness (QED) is 0.625. The lowest BCUT2D eigenvalue weighted by Gasteiger charge is -2.14. The molecule has 2 aromatic carbocycles. The van der Waals surface area contributed by atoms with Crippen LogP contribution >= 0.6 is 0 Å². The van der Waals surface area contributed by atoms with E-state index in [1.165, 1.54) is 7.11 Å². The van der Waals surface area contributed by atoms with Crippen LogP contribution in [0.15, 0.2) is 46.9 Å². The minimum absolute atomic E-state index is 0.0968. The van der Waals surface area contributed by atoms with Gasteiger partial charge in [-0.05, 0) is 59.9 Å².